The van der Waals surface area contributed by atoms with Crippen LogP contribution in [-0.4, -0.2) is 57.6 Å². The third-order valence-corrected chi connectivity index (χ3v) is 9.23. The van der Waals surface area contributed by atoms with Gasteiger partial charge in [0.25, 0.3) is 0 Å². The van der Waals surface area contributed by atoms with Crippen LogP contribution in [0, 0.1) is 13.8 Å². The molecule has 6 aromatic carbocycles. The Hall–Kier alpha value is -4.44. The summed E-state index contributed by atoms with van der Waals surface area (Å²) in [4.78, 5) is 29.5. The highest BCUT2D eigenvalue weighted by atomic mass is 16.5. The lowest BCUT2D eigenvalue weighted by Crippen LogP contribution is -2.15. The number of nitrogens with zero attached hydrogens (tertiary/aromatic N) is 2. The van der Waals surface area contributed by atoms with Crippen molar-refractivity contribution in [3.63, 3.8) is 0 Å². The lowest BCUT2D eigenvalue weighted by molar-refractivity contribution is 0.282. The van der Waals surface area contributed by atoms with Crippen LogP contribution in [-0.2, 0) is 19.8 Å². The molecule has 0 radical (unpaired) electrons. The van der Waals surface area contributed by atoms with E-state index in [9.17, 15) is 30.0 Å². The molecule has 0 aliphatic rings. The minimum Gasteiger partial charge on any atom is -0.505 e. The van der Waals surface area contributed by atoms with Gasteiger partial charge in [0.1, 0.15) is 0 Å². The van der Waals surface area contributed by atoms with Gasteiger partial charge in [-0.3, -0.25) is 9.59 Å². The number of rotatable bonds is 7. The largest absolute Gasteiger partial charge is 0.505 e. The molecule has 0 fully saturated rings. The highest BCUT2D eigenvalue weighted by Gasteiger charge is 2.32. The third-order valence-electron chi connectivity index (χ3n) is 9.23. The zero-order valence-electron chi connectivity index (χ0n) is 24.7. The number of aliphatic hydroxyl groups excluding tert-OH is 2. The SMILES string of the molecule is COc1c(O)c2c(=O)cc(CO)c3c4c(CO)cc(=O)c5c(O)c6c7c(c(C)cc1c(c23)c7c54)c(C)n6CCCN(C)C. The smallest absolute Gasteiger partial charge is 0.190 e. The van der Waals surface area contributed by atoms with Gasteiger partial charge < -0.3 is 34.6 Å². The van der Waals surface area contributed by atoms with Crippen LogP contribution in [0.5, 0.6) is 17.2 Å². The summed E-state index contributed by atoms with van der Waals surface area (Å²) in [5.74, 6) is -0.327. The molecule has 9 nitrogen and oxygen atoms in total. The molecule has 7 aromatic rings. The molecule has 0 saturated carbocycles. The Kier molecular flexibility index (Phi) is 5.91. The van der Waals surface area contributed by atoms with Crippen LogP contribution < -0.4 is 15.6 Å². The Bertz CT molecular complexity index is 2390. The molecule has 9 heteroatoms. The van der Waals surface area contributed by atoms with E-state index in [0.717, 1.165) is 35.0 Å². The average molecular weight is 581 g/mol. The number of methoxy groups -OCH3 is 1. The maximum atomic E-state index is 13.8. The van der Waals surface area contributed by atoms with Gasteiger partial charge in [-0.1, -0.05) is 0 Å². The monoisotopic (exact) mass is 580 g/mol. The van der Waals surface area contributed by atoms with Crippen molar-refractivity contribution in [2.75, 3.05) is 27.7 Å². The predicted octanol–water partition coefficient (Wildman–Crippen LogP) is 4.41. The van der Waals surface area contributed by atoms with Crippen molar-refractivity contribution >= 4 is 64.8 Å². The van der Waals surface area contributed by atoms with Crippen molar-refractivity contribution in [1.82, 2.24) is 9.47 Å². The first-order chi connectivity index (χ1) is 20.6. The van der Waals surface area contributed by atoms with E-state index in [1.165, 1.54) is 19.2 Å². The first-order valence-corrected chi connectivity index (χ1v) is 14.3. The number of aromatic hydroxyl groups is 2. The number of hydrogen-bond donors (Lipinski definition) is 4. The molecule has 0 atom stereocenters. The first kappa shape index (κ1) is 27.4. The second kappa shape index (κ2) is 9.28. The number of phenols is 2. The Morgan fingerprint density at radius 2 is 1.30 bits per heavy atom. The molecule has 0 unspecified atom stereocenters. The van der Waals surface area contributed by atoms with E-state index in [1.807, 2.05) is 34.0 Å². The fraction of sp³-hybridized carbons (Fsp3) is 0.294. The minimum atomic E-state index is -0.487. The number of ether oxygens (including phenoxy) is 1. The normalized spacial score (nSPS) is 12.7. The quantitative estimate of drug-likeness (QED) is 0.161. The summed E-state index contributed by atoms with van der Waals surface area (Å²) in [6.07, 6.45) is 0.802. The summed E-state index contributed by atoms with van der Waals surface area (Å²) in [6.45, 7) is 4.40. The fourth-order valence-corrected chi connectivity index (χ4v) is 7.62. The van der Waals surface area contributed by atoms with E-state index in [0.29, 0.717) is 60.9 Å². The van der Waals surface area contributed by atoms with Gasteiger partial charge in [0, 0.05) is 49.9 Å². The summed E-state index contributed by atoms with van der Waals surface area (Å²) < 4.78 is 7.81. The average Bonchev–Trinajstić information content (AvgIpc) is 3.18. The topological polar surface area (TPSA) is 132 Å². The molecule has 7 rings (SSSR count). The van der Waals surface area contributed by atoms with Crippen LogP contribution in [0.4, 0.5) is 0 Å². The summed E-state index contributed by atoms with van der Waals surface area (Å²) in [5.41, 5.74) is 1.98. The molecule has 0 amide bonds. The molecule has 0 spiro atoms. The van der Waals surface area contributed by atoms with E-state index < -0.39 is 24.1 Å². The number of aliphatic hydroxyl groups is 2. The molecule has 4 N–H and O–H groups in total. The highest BCUT2D eigenvalue weighted by Crippen LogP contribution is 2.55. The van der Waals surface area contributed by atoms with E-state index in [2.05, 4.69) is 9.47 Å². The first-order valence-electron chi connectivity index (χ1n) is 14.3. The van der Waals surface area contributed by atoms with E-state index >= 15 is 0 Å². The third kappa shape index (κ3) is 3.32. The number of aromatic nitrogens is 1. The molecule has 0 aliphatic heterocycles. The van der Waals surface area contributed by atoms with Crippen molar-refractivity contribution in [2.24, 2.45) is 0 Å². The van der Waals surface area contributed by atoms with Gasteiger partial charge in [-0.25, -0.2) is 0 Å². The van der Waals surface area contributed by atoms with Gasteiger partial charge in [-0.05, 0) is 86.6 Å². The summed E-state index contributed by atoms with van der Waals surface area (Å²) in [5, 5.41) is 49.9. The van der Waals surface area contributed by atoms with Crippen LogP contribution in [0.3, 0.4) is 0 Å². The minimum absolute atomic E-state index is 0.0366. The van der Waals surface area contributed by atoms with Gasteiger partial charge in [-0.15, -0.1) is 0 Å². The highest BCUT2D eigenvalue weighted by molar-refractivity contribution is 6.45. The number of benzene rings is 5. The van der Waals surface area contributed by atoms with Crippen molar-refractivity contribution in [3.05, 3.63) is 61.0 Å². The Balaban J connectivity index is 1.94. The van der Waals surface area contributed by atoms with Crippen LogP contribution >= 0.6 is 0 Å². The number of fused-ring (bicyclic) bond motifs is 1. The molecular formula is C34H32N2O7. The van der Waals surface area contributed by atoms with Gasteiger partial charge in [-0.2, -0.15) is 0 Å². The molecule has 0 bridgehead atoms. The molecule has 1 heterocycles. The Morgan fingerprint density at radius 1 is 0.744 bits per heavy atom. The van der Waals surface area contributed by atoms with E-state index in [4.69, 9.17) is 4.74 Å². The zero-order valence-corrected chi connectivity index (χ0v) is 24.7. The van der Waals surface area contributed by atoms with Crippen LogP contribution in [0.1, 0.15) is 28.8 Å². The van der Waals surface area contributed by atoms with Crippen molar-refractivity contribution in [1.29, 1.82) is 0 Å². The van der Waals surface area contributed by atoms with E-state index in [1.54, 1.807) is 0 Å². The molecule has 0 aliphatic carbocycles. The van der Waals surface area contributed by atoms with Crippen LogP contribution in [0.15, 0.2) is 27.8 Å². The van der Waals surface area contributed by atoms with E-state index in [-0.39, 0.29) is 28.0 Å². The van der Waals surface area contributed by atoms with Gasteiger partial charge in [0.15, 0.2) is 28.1 Å². The molecule has 1 aromatic heterocycles. The number of hydrogen-bond acceptors (Lipinski definition) is 8. The molecule has 0 saturated heterocycles. The summed E-state index contributed by atoms with van der Waals surface area (Å²) in [7, 11) is 5.44. The summed E-state index contributed by atoms with van der Waals surface area (Å²) in [6, 6.07) is 4.51. The van der Waals surface area contributed by atoms with Gasteiger partial charge in [0.2, 0.25) is 0 Å². The zero-order chi connectivity index (χ0) is 30.6. The molecule has 220 valence electrons. The maximum Gasteiger partial charge on any atom is 0.190 e. The predicted molar refractivity (Wildman–Crippen MR) is 170 cm³/mol. The van der Waals surface area contributed by atoms with Gasteiger partial charge in [0.05, 0.1) is 36.6 Å². The molecule has 43 heavy (non-hydrogen) atoms. The number of phenolic OH excluding ortho intramolecular Hbond substituents is 2. The lowest BCUT2D eigenvalue weighted by atomic mass is 9.83. The van der Waals surface area contributed by atoms with Crippen LogP contribution in [0.2, 0.25) is 0 Å². The van der Waals surface area contributed by atoms with Crippen molar-refractivity contribution in [2.45, 2.75) is 40.0 Å². The maximum absolute atomic E-state index is 13.8. The van der Waals surface area contributed by atoms with Crippen molar-refractivity contribution < 1.29 is 25.2 Å². The van der Waals surface area contributed by atoms with Crippen LogP contribution in [0.25, 0.3) is 64.8 Å². The standard InChI is InChI=1S/C34H32N2O7/c1-14-9-18-24-27-22(16(12-37)11-20(40)26(27)33(42)34(18)43-5)23-17(13-38)10-19(39)25-28(23)29(24)30-21(14)15(2)36(31(30)32(25)41)8-6-7-35(3)4/h9-11,37-38,41-42H,6-8,12-13H2,1-5H3. The lowest BCUT2D eigenvalue weighted by Gasteiger charge is -2.22. The fourth-order valence-electron chi connectivity index (χ4n) is 7.62. The molecular weight excluding hydrogens is 548 g/mol. The second-order valence-electron chi connectivity index (χ2n) is 11.8. The summed E-state index contributed by atoms with van der Waals surface area (Å²) >= 11 is 0. The second-order valence-corrected chi connectivity index (χ2v) is 11.8. The van der Waals surface area contributed by atoms with Crippen molar-refractivity contribution in [3.8, 4) is 17.2 Å². The Morgan fingerprint density at radius 3 is 1.86 bits per heavy atom. The van der Waals surface area contributed by atoms with Gasteiger partial charge >= 0.3 is 0 Å². The Labute approximate surface area is 245 Å². The number of aryl methyl sites for hydroxylation is 3.